The van der Waals surface area contributed by atoms with Crippen LogP contribution in [0, 0.1) is 12.8 Å². The van der Waals surface area contributed by atoms with Gasteiger partial charge >= 0.3 is 0 Å². The zero-order valence-electron chi connectivity index (χ0n) is 11.0. The highest BCUT2D eigenvalue weighted by Crippen LogP contribution is 2.28. The van der Waals surface area contributed by atoms with Gasteiger partial charge in [0.1, 0.15) is 11.2 Å². The number of nitrogens with two attached hydrogens (primary N) is 1. The van der Waals surface area contributed by atoms with Gasteiger partial charge in [-0.1, -0.05) is 17.7 Å². The third kappa shape index (κ3) is 3.04. The van der Waals surface area contributed by atoms with Gasteiger partial charge in [0.2, 0.25) is 0 Å². The molecule has 1 aliphatic rings. The lowest BCUT2D eigenvalue weighted by Gasteiger charge is -2.26. The fraction of sp³-hybridized carbons (Fsp3) is 0.500. The molecule has 0 aromatic heterocycles. The molecule has 1 fully saturated rings. The summed E-state index contributed by atoms with van der Waals surface area (Å²) >= 11 is 0. The van der Waals surface area contributed by atoms with Gasteiger partial charge in [-0.25, -0.2) is 8.42 Å². The highest BCUT2D eigenvalue weighted by molar-refractivity contribution is 7.92. The van der Waals surface area contributed by atoms with Crippen LogP contribution in [0.4, 0.5) is 0 Å². The molecule has 2 unspecified atom stereocenters. The van der Waals surface area contributed by atoms with E-state index < -0.39 is 15.2 Å². The van der Waals surface area contributed by atoms with Crippen LogP contribution in [-0.2, 0) is 14.6 Å². The summed E-state index contributed by atoms with van der Waals surface area (Å²) in [6.07, 6.45) is 2.28. The van der Waals surface area contributed by atoms with Gasteiger partial charge in [0.05, 0.1) is 4.90 Å². The number of sulfone groups is 1. The molecule has 4 nitrogen and oxygen atoms in total. The van der Waals surface area contributed by atoms with E-state index in [1.165, 1.54) is 0 Å². The highest BCUT2D eigenvalue weighted by atomic mass is 32.2. The first-order chi connectivity index (χ1) is 8.91. The predicted octanol–water partition coefficient (Wildman–Crippen LogP) is 1.81. The molecule has 0 heterocycles. The molecular weight excluding hydrogens is 262 g/mol. The van der Waals surface area contributed by atoms with Crippen LogP contribution in [0.1, 0.15) is 31.2 Å². The molecule has 1 aromatic rings. The van der Waals surface area contributed by atoms with Gasteiger partial charge in [0.25, 0.3) is 0 Å². The van der Waals surface area contributed by atoms with E-state index in [0.29, 0.717) is 12.8 Å². The first kappa shape index (κ1) is 14.2. The Morgan fingerprint density at radius 3 is 2.47 bits per heavy atom. The zero-order chi connectivity index (χ0) is 14.0. The smallest absolute Gasteiger partial charge is 0.194 e. The number of rotatable bonds is 3. The lowest BCUT2D eigenvalue weighted by Crippen LogP contribution is -2.40. The Bertz CT molecular complexity index is 563. The predicted molar refractivity (Wildman–Crippen MR) is 73.3 cm³/mol. The molecule has 1 aliphatic carbocycles. The fourth-order valence-corrected chi connectivity index (χ4v) is 4.05. The summed E-state index contributed by atoms with van der Waals surface area (Å²) in [6.45, 7) is 1.90. The van der Waals surface area contributed by atoms with Gasteiger partial charge in [-0.15, -0.1) is 0 Å². The molecule has 0 amide bonds. The summed E-state index contributed by atoms with van der Waals surface area (Å²) in [5.41, 5.74) is 6.92. The summed E-state index contributed by atoms with van der Waals surface area (Å²) in [5.74, 6) is -0.140. The molecule has 2 N–H and O–H groups in total. The quantitative estimate of drug-likeness (QED) is 0.916. The SMILES string of the molecule is Cc1ccc(S(=O)(=O)C(N)C2CCCC(=O)C2)cc1. The number of benzene rings is 1. The molecule has 5 heteroatoms. The van der Waals surface area contributed by atoms with E-state index >= 15 is 0 Å². The number of carbonyl (C=O) groups is 1. The number of aryl methyl sites for hydroxylation is 1. The first-order valence-corrected chi connectivity index (χ1v) is 8.04. The van der Waals surface area contributed by atoms with Crippen LogP contribution in [-0.4, -0.2) is 19.6 Å². The topological polar surface area (TPSA) is 77.2 Å². The molecule has 2 atom stereocenters. The van der Waals surface area contributed by atoms with Gasteiger partial charge in [-0.2, -0.15) is 0 Å². The van der Waals surface area contributed by atoms with Crippen molar-refractivity contribution in [3.05, 3.63) is 29.8 Å². The summed E-state index contributed by atoms with van der Waals surface area (Å²) in [5, 5.41) is -0.987. The van der Waals surface area contributed by atoms with E-state index in [4.69, 9.17) is 5.73 Å². The molecule has 0 bridgehead atoms. The fourth-order valence-electron chi connectivity index (χ4n) is 2.48. The van der Waals surface area contributed by atoms with Gasteiger partial charge in [0.15, 0.2) is 9.84 Å². The van der Waals surface area contributed by atoms with Crippen LogP contribution < -0.4 is 5.73 Å². The molecule has 104 valence electrons. The van der Waals surface area contributed by atoms with Crippen molar-refractivity contribution in [2.45, 2.75) is 42.9 Å². The molecular formula is C14H19NO3S. The Labute approximate surface area is 113 Å². The largest absolute Gasteiger partial charge is 0.315 e. The van der Waals surface area contributed by atoms with Crippen LogP contribution in [0.3, 0.4) is 0 Å². The van der Waals surface area contributed by atoms with Crippen molar-refractivity contribution in [3.8, 4) is 0 Å². The molecule has 1 aromatic carbocycles. The maximum Gasteiger partial charge on any atom is 0.194 e. The van der Waals surface area contributed by atoms with Crippen LogP contribution in [0.25, 0.3) is 0 Å². The Morgan fingerprint density at radius 1 is 1.26 bits per heavy atom. The molecule has 0 spiro atoms. The van der Waals surface area contributed by atoms with Crippen LogP contribution in [0.15, 0.2) is 29.2 Å². The standard InChI is InChI=1S/C14H19NO3S/c1-10-5-7-13(8-6-10)19(17,18)14(15)11-3-2-4-12(16)9-11/h5-8,11,14H,2-4,9,15H2,1H3. The number of hydrogen-bond donors (Lipinski definition) is 1. The third-order valence-electron chi connectivity index (χ3n) is 3.69. The Morgan fingerprint density at radius 2 is 1.89 bits per heavy atom. The van der Waals surface area contributed by atoms with Crippen LogP contribution >= 0.6 is 0 Å². The van der Waals surface area contributed by atoms with Crippen molar-refractivity contribution in [2.24, 2.45) is 11.7 Å². The Hall–Kier alpha value is -1.20. The average molecular weight is 281 g/mol. The lowest BCUT2D eigenvalue weighted by molar-refractivity contribution is -0.121. The first-order valence-electron chi connectivity index (χ1n) is 6.49. The zero-order valence-corrected chi connectivity index (χ0v) is 11.8. The van der Waals surface area contributed by atoms with Crippen molar-refractivity contribution < 1.29 is 13.2 Å². The lowest BCUT2D eigenvalue weighted by atomic mass is 9.88. The van der Waals surface area contributed by atoms with Gasteiger partial charge in [-0.05, 0) is 37.8 Å². The molecule has 0 aliphatic heterocycles. The number of ketones is 1. The second-order valence-electron chi connectivity index (χ2n) is 5.22. The minimum atomic E-state index is -3.55. The maximum atomic E-state index is 12.4. The summed E-state index contributed by atoms with van der Waals surface area (Å²) in [4.78, 5) is 11.7. The van der Waals surface area contributed by atoms with Crippen molar-refractivity contribution in [1.29, 1.82) is 0 Å². The molecule has 1 saturated carbocycles. The van der Waals surface area contributed by atoms with Crippen LogP contribution in [0.5, 0.6) is 0 Å². The maximum absolute atomic E-state index is 12.4. The van der Waals surface area contributed by atoms with E-state index in [0.717, 1.165) is 12.0 Å². The summed E-state index contributed by atoms with van der Waals surface area (Å²) in [7, 11) is -3.55. The minimum Gasteiger partial charge on any atom is -0.315 e. The normalized spacial score (nSPS) is 22.2. The highest BCUT2D eigenvalue weighted by Gasteiger charge is 2.34. The third-order valence-corrected chi connectivity index (χ3v) is 5.72. The van der Waals surface area contributed by atoms with E-state index in [1.54, 1.807) is 24.3 Å². The van der Waals surface area contributed by atoms with Gasteiger partial charge in [0, 0.05) is 12.8 Å². The van der Waals surface area contributed by atoms with Crippen molar-refractivity contribution in [2.75, 3.05) is 0 Å². The second-order valence-corrected chi connectivity index (χ2v) is 7.32. The van der Waals surface area contributed by atoms with Crippen molar-refractivity contribution >= 4 is 15.6 Å². The van der Waals surface area contributed by atoms with Crippen molar-refractivity contribution in [3.63, 3.8) is 0 Å². The number of hydrogen-bond acceptors (Lipinski definition) is 4. The summed E-state index contributed by atoms with van der Waals surface area (Å²) in [6, 6.07) is 6.67. The molecule has 2 rings (SSSR count). The van der Waals surface area contributed by atoms with Crippen molar-refractivity contribution in [1.82, 2.24) is 0 Å². The van der Waals surface area contributed by atoms with E-state index in [9.17, 15) is 13.2 Å². The van der Waals surface area contributed by atoms with Gasteiger partial charge < -0.3 is 5.73 Å². The molecule has 0 saturated heterocycles. The molecule has 0 radical (unpaired) electrons. The number of Topliss-reactive ketones (excluding diaryl/α,β-unsaturated/α-hetero) is 1. The Balaban J connectivity index is 2.23. The monoisotopic (exact) mass is 281 g/mol. The van der Waals surface area contributed by atoms with Gasteiger partial charge in [-0.3, -0.25) is 4.79 Å². The number of carbonyl (C=O) groups excluding carboxylic acids is 1. The second kappa shape index (κ2) is 5.43. The van der Waals surface area contributed by atoms with E-state index in [1.807, 2.05) is 6.92 Å². The van der Waals surface area contributed by atoms with E-state index in [2.05, 4.69) is 0 Å². The summed E-state index contributed by atoms with van der Waals surface area (Å²) < 4.78 is 24.8. The minimum absolute atomic E-state index is 0.116. The van der Waals surface area contributed by atoms with E-state index in [-0.39, 0.29) is 23.0 Å². The molecule has 19 heavy (non-hydrogen) atoms. The average Bonchev–Trinajstić information content (AvgIpc) is 2.38. The van der Waals surface area contributed by atoms with Crippen LogP contribution in [0.2, 0.25) is 0 Å². The Kier molecular flexibility index (Phi) is 4.06.